The SMILES string of the molecule is CCOc1cc(C(=O)N/N=C/c2cn(-c3ccccc3)nc2-c2ccc3c(c2)OCCO3)cc(OCC)c1OCC. The van der Waals surface area contributed by atoms with Gasteiger partial charge in [0.25, 0.3) is 5.91 Å². The zero-order valence-corrected chi connectivity index (χ0v) is 23.3. The summed E-state index contributed by atoms with van der Waals surface area (Å²) in [6.07, 6.45) is 3.42. The van der Waals surface area contributed by atoms with Crippen LogP contribution in [-0.2, 0) is 0 Å². The summed E-state index contributed by atoms with van der Waals surface area (Å²) < 4.78 is 30.4. The molecule has 212 valence electrons. The molecule has 1 aliphatic heterocycles. The third-order valence-corrected chi connectivity index (χ3v) is 6.12. The molecular formula is C31H32N4O6. The molecule has 0 bridgehead atoms. The van der Waals surface area contributed by atoms with Crippen molar-refractivity contribution in [3.8, 4) is 45.7 Å². The fraction of sp³-hybridized carbons (Fsp3) is 0.258. The molecule has 10 heteroatoms. The van der Waals surface area contributed by atoms with Crippen molar-refractivity contribution in [2.75, 3.05) is 33.0 Å². The van der Waals surface area contributed by atoms with E-state index in [2.05, 4.69) is 10.5 Å². The van der Waals surface area contributed by atoms with Crippen LogP contribution in [0.1, 0.15) is 36.7 Å². The number of aromatic nitrogens is 2. The summed E-state index contributed by atoms with van der Waals surface area (Å²) in [6.45, 7) is 7.84. The lowest BCUT2D eigenvalue weighted by molar-refractivity contribution is 0.0954. The molecule has 10 nitrogen and oxygen atoms in total. The van der Waals surface area contributed by atoms with Crippen molar-refractivity contribution in [1.82, 2.24) is 15.2 Å². The molecule has 1 N–H and O–H groups in total. The van der Waals surface area contributed by atoms with E-state index in [4.69, 9.17) is 28.8 Å². The van der Waals surface area contributed by atoms with E-state index in [0.29, 0.717) is 78.6 Å². The number of para-hydroxylation sites is 1. The summed E-state index contributed by atoms with van der Waals surface area (Å²) in [5.41, 5.74) is 6.01. The number of nitrogens with one attached hydrogen (secondary N) is 1. The standard InChI is InChI=1S/C31H32N4O6/c1-4-37-27-17-22(18-28(38-5-2)30(27)39-6-3)31(36)33-32-19-23-20-35(24-10-8-7-9-11-24)34-29(23)21-12-13-25-26(16-21)41-15-14-40-25/h7-13,16-20H,4-6,14-15H2,1-3H3,(H,33,36)/b32-19+. The van der Waals surface area contributed by atoms with Gasteiger partial charge < -0.3 is 23.7 Å². The number of carbonyl (C=O) groups is 1. The molecule has 0 aliphatic carbocycles. The van der Waals surface area contributed by atoms with Gasteiger partial charge in [-0.15, -0.1) is 0 Å². The Hall–Kier alpha value is -4.99. The van der Waals surface area contributed by atoms with E-state index < -0.39 is 5.91 Å². The van der Waals surface area contributed by atoms with E-state index in [1.807, 2.05) is 75.5 Å². The summed E-state index contributed by atoms with van der Waals surface area (Å²) in [4.78, 5) is 13.1. The minimum Gasteiger partial charge on any atom is -0.490 e. The van der Waals surface area contributed by atoms with E-state index in [1.54, 1.807) is 23.0 Å². The summed E-state index contributed by atoms with van der Waals surface area (Å²) in [7, 11) is 0. The molecule has 0 fully saturated rings. The highest BCUT2D eigenvalue weighted by atomic mass is 16.6. The zero-order chi connectivity index (χ0) is 28.6. The van der Waals surface area contributed by atoms with Crippen molar-refractivity contribution in [1.29, 1.82) is 0 Å². The summed E-state index contributed by atoms with van der Waals surface area (Å²) >= 11 is 0. The lowest BCUT2D eigenvalue weighted by atomic mass is 10.1. The van der Waals surface area contributed by atoms with Crippen molar-refractivity contribution >= 4 is 12.1 Å². The van der Waals surface area contributed by atoms with Gasteiger partial charge in [-0.05, 0) is 63.2 Å². The van der Waals surface area contributed by atoms with Gasteiger partial charge in [0.1, 0.15) is 18.9 Å². The first-order chi connectivity index (χ1) is 20.1. The number of rotatable bonds is 11. The van der Waals surface area contributed by atoms with Gasteiger partial charge in [-0.1, -0.05) is 18.2 Å². The Morgan fingerprint density at radius 1 is 0.927 bits per heavy atom. The highest BCUT2D eigenvalue weighted by Gasteiger charge is 2.19. The van der Waals surface area contributed by atoms with Gasteiger partial charge in [-0.2, -0.15) is 10.2 Å². The molecular weight excluding hydrogens is 524 g/mol. The first-order valence-corrected chi connectivity index (χ1v) is 13.6. The molecule has 1 aliphatic rings. The third-order valence-electron chi connectivity index (χ3n) is 6.12. The highest BCUT2D eigenvalue weighted by Crippen LogP contribution is 2.39. The van der Waals surface area contributed by atoms with E-state index in [1.165, 1.54) is 0 Å². The first-order valence-electron chi connectivity index (χ1n) is 13.6. The zero-order valence-electron chi connectivity index (χ0n) is 23.3. The van der Waals surface area contributed by atoms with Crippen LogP contribution in [0.2, 0.25) is 0 Å². The van der Waals surface area contributed by atoms with Gasteiger partial charge in [0.2, 0.25) is 5.75 Å². The maximum absolute atomic E-state index is 13.1. The van der Waals surface area contributed by atoms with Gasteiger partial charge in [0, 0.05) is 22.9 Å². The van der Waals surface area contributed by atoms with Crippen molar-refractivity contribution in [3.05, 3.63) is 78.0 Å². The van der Waals surface area contributed by atoms with Crippen LogP contribution < -0.4 is 29.1 Å². The second-order valence-corrected chi connectivity index (χ2v) is 8.87. The molecule has 0 saturated carbocycles. The monoisotopic (exact) mass is 556 g/mol. The first kappa shape index (κ1) is 27.6. The molecule has 3 aromatic carbocycles. The van der Waals surface area contributed by atoms with Crippen molar-refractivity contribution in [2.45, 2.75) is 20.8 Å². The largest absolute Gasteiger partial charge is 0.490 e. The second-order valence-electron chi connectivity index (χ2n) is 8.87. The Bertz CT molecular complexity index is 1510. The number of amides is 1. The normalized spacial score (nSPS) is 12.3. The number of fused-ring (bicyclic) bond motifs is 1. The third kappa shape index (κ3) is 6.27. The number of benzene rings is 3. The summed E-state index contributed by atoms with van der Waals surface area (Å²) in [5.74, 6) is 2.25. The van der Waals surface area contributed by atoms with E-state index in [0.717, 1.165) is 11.3 Å². The lowest BCUT2D eigenvalue weighted by Crippen LogP contribution is -2.18. The molecule has 4 aromatic rings. The highest BCUT2D eigenvalue weighted by molar-refractivity contribution is 5.97. The Labute approximate surface area is 238 Å². The average Bonchev–Trinajstić information content (AvgIpc) is 3.43. The van der Waals surface area contributed by atoms with Crippen LogP contribution in [0.25, 0.3) is 16.9 Å². The van der Waals surface area contributed by atoms with Crippen LogP contribution in [0, 0.1) is 0 Å². The fourth-order valence-electron chi connectivity index (χ4n) is 4.35. The number of hydrogen-bond acceptors (Lipinski definition) is 8. The Balaban J connectivity index is 1.44. The van der Waals surface area contributed by atoms with Gasteiger partial charge in [-0.3, -0.25) is 4.79 Å². The molecule has 0 saturated heterocycles. The number of hydrazone groups is 1. The molecule has 0 unspecified atom stereocenters. The Kier molecular flexibility index (Phi) is 8.68. The smallest absolute Gasteiger partial charge is 0.271 e. The van der Waals surface area contributed by atoms with Crippen LogP contribution in [0.15, 0.2) is 72.0 Å². The van der Waals surface area contributed by atoms with Crippen LogP contribution >= 0.6 is 0 Å². The van der Waals surface area contributed by atoms with Crippen LogP contribution in [0.4, 0.5) is 0 Å². The van der Waals surface area contributed by atoms with E-state index in [-0.39, 0.29) is 0 Å². The Morgan fingerprint density at radius 2 is 1.61 bits per heavy atom. The summed E-state index contributed by atoms with van der Waals surface area (Å²) in [6, 6.07) is 18.7. The number of ether oxygens (including phenoxy) is 5. The molecule has 1 amide bonds. The Morgan fingerprint density at radius 3 is 2.29 bits per heavy atom. The molecule has 1 aromatic heterocycles. The summed E-state index contributed by atoms with van der Waals surface area (Å²) in [5, 5.41) is 9.08. The topological polar surface area (TPSA) is 105 Å². The minimum atomic E-state index is -0.428. The molecule has 0 radical (unpaired) electrons. The van der Waals surface area contributed by atoms with E-state index in [9.17, 15) is 4.79 Å². The molecule has 0 spiro atoms. The number of nitrogens with zero attached hydrogens (tertiary/aromatic N) is 3. The molecule has 2 heterocycles. The minimum absolute atomic E-state index is 0.324. The van der Waals surface area contributed by atoms with Gasteiger partial charge in [-0.25, -0.2) is 10.1 Å². The fourth-order valence-corrected chi connectivity index (χ4v) is 4.35. The van der Waals surface area contributed by atoms with Gasteiger partial charge in [0.05, 0.1) is 31.7 Å². The quantitative estimate of drug-likeness (QED) is 0.198. The average molecular weight is 557 g/mol. The van der Waals surface area contributed by atoms with Crippen molar-refractivity contribution in [2.24, 2.45) is 5.10 Å². The van der Waals surface area contributed by atoms with Crippen LogP contribution in [0.5, 0.6) is 28.7 Å². The van der Waals surface area contributed by atoms with Crippen LogP contribution in [-0.4, -0.2) is 54.9 Å². The number of carbonyl (C=O) groups excluding carboxylic acids is 1. The number of hydrogen-bond donors (Lipinski definition) is 1. The maximum Gasteiger partial charge on any atom is 0.271 e. The molecule has 41 heavy (non-hydrogen) atoms. The lowest BCUT2D eigenvalue weighted by Gasteiger charge is -2.18. The van der Waals surface area contributed by atoms with Crippen molar-refractivity contribution < 1.29 is 28.5 Å². The van der Waals surface area contributed by atoms with Gasteiger partial charge in [0.15, 0.2) is 23.0 Å². The second kappa shape index (κ2) is 12.9. The van der Waals surface area contributed by atoms with Crippen LogP contribution in [0.3, 0.4) is 0 Å². The van der Waals surface area contributed by atoms with Gasteiger partial charge >= 0.3 is 0 Å². The molecule has 5 rings (SSSR count). The predicted octanol–water partition coefficient (Wildman–Crippen LogP) is 5.27. The van der Waals surface area contributed by atoms with E-state index >= 15 is 0 Å². The van der Waals surface area contributed by atoms with Crippen molar-refractivity contribution in [3.63, 3.8) is 0 Å². The maximum atomic E-state index is 13.1. The predicted molar refractivity (Wildman–Crippen MR) is 155 cm³/mol. The molecule has 0 atom stereocenters.